The van der Waals surface area contributed by atoms with Crippen molar-refractivity contribution in [3.05, 3.63) is 0 Å². The average Bonchev–Trinajstić information content (AvgIpc) is 2.39. The number of hydrogen-bond donors (Lipinski definition) is 1. The van der Waals surface area contributed by atoms with E-state index in [1.807, 2.05) is 0 Å². The third kappa shape index (κ3) is 4.26. The van der Waals surface area contributed by atoms with Gasteiger partial charge in [-0.3, -0.25) is 0 Å². The second-order valence-corrected chi connectivity index (χ2v) is 6.27. The maximum absolute atomic E-state index is 5.43. The molecule has 2 fully saturated rings. The molecule has 1 aliphatic heterocycles. The summed E-state index contributed by atoms with van der Waals surface area (Å²) in [6, 6.07) is 0.679. The molecule has 0 aromatic carbocycles. The normalized spacial score (nSPS) is 33.5. The van der Waals surface area contributed by atoms with Crippen LogP contribution in [-0.4, -0.2) is 25.8 Å². The van der Waals surface area contributed by atoms with Gasteiger partial charge in [-0.1, -0.05) is 19.8 Å². The summed E-state index contributed by atoms with van der Waals surface area (Å²) in [7, 11) is 0. The number of ether oxygens (including phenoxy) is 1. The summed E-state index contributed by atoms with van der Waals surface area (Å²) in [6.45, 7) is 7.94. The van der Waals surface area contributed by atoms with Crippen LogP contribution in [0.15, 0.2) is 0 Å². The maximum atomic E-state index is 5.43. The van der Waals surface area contributed by atoms with Crippen LogP contribution in [0.25, 0.3) is 0 Å². The number of hydrogen-bond acceptors (Lipinski definition) is 2. The minimum absolute atomic E-state index is 0.679. The molecule has 1 heterocycles. The lowest BCUT2D eigenvalue weighted by molar-refractivity contribution is 0.0551. The fourth-order valence-corrected chi connectivity index (χ4v) is 3.27. The lowest BCUT2D eigenvalue weighted by atomic mass is 9.82. The van der Waals surface area contributed by atoms with E-state index in [2.05, 4.69) is 19.2 Å². The van der Waals surface area contributed by atoms with Crippen LogP contribution < -0.4 is 5.32 Å². The quantitative estimate of drug-likeness (QED) is 0.813. The van der Waals surface area contributed by atoms with Crippen molar-refractivity contribution >= 4 is 0 Å². The summed E-state index contributed by atoms with van der Waals surface area (Å²) in [6.07, 6.45) is 8.26. The van der Waals surface area contributed by atoms with Gasteiger partial charge in [-0.05, 0) is 56.9 Å². The fraction of sp³-hybridized carbons (Fsp3) is 1.00. The summed E-state index contributed by atoms with van der Waals surface area (Å²) in [4.78, 5) is 0. The number of rotatable bonds is 4. The van der Waals surface area contributed by atoms with Crippen LogP contribution in [0.4, 0.5) is 0 Å². The summed E-state index contributed by atoms with van der Waals surface area (Å²) in [5.74, 6) is 2.75. The Bertz CT molecular complexity index is 205. The van der Waals surface area contributed by atoms with Gasteiger partial charge in [0.1, 0.15) is 0 Å². The van der Waals surface area contributed by atoms with Gasteiger partial charge in [0, 0.05) is 19.3 Å². The average molecular weight is 239 g/mol. The van der Waals surface area contributed by atoms with Crippen LogP contribution in [0.1, 0.15) is 52.4 Å². The van der Waals surface area contributed by atoms with Crippen LogP contribution in [0.5, 0.6) is 0 Å². The van der Waals surface area contributed by atoms with Crippen LogP contribution in [-0.2, 0) is 4.74 Å². The highest BCUT2D eigenvalue weighted by atomic mass is 16.5. The minimum atomic E-state index is 0.679. The SMILES string of the molecule is CC1CCC(CNC(C)C2CCOCC2)CC1. The predicted octanol–water partition coefficient (Wildman–Crippen LogP) is 3.22. The highest BCUT2D eigenvalue weighted by Crippen LogP contribution is 2.28. The van der Waals surface area contributed by atoms with Crippen molar-refractivity contribution in [3.63, 3.8) is 0 Å². The largest absolute Gasteiger partial charge is 0.381 e. The van der Waals surface area contributed by atoms with Crippen LogP contribution >= 0.6 is 0 Å². The molecule has 2 heteroatoms. The van der Waals surface area contributed by atoms with Crippen molar-refractivity contribution in [3.8, 4) is 0 Å². The second-order valence-electron chi connectivity index (χ2n) is 6.27. The van der Waals surface area contributed by atoms with Crippen LogP contribution in [0, 0.1) is 17.8 Å². The van der Waals surface area contributed by atoms with Gasteiger partial charge in [0.2, 0.25) is 0 Å². The Morgan fingerprint density at radius 2 is 1.71 bits per heavy atom. The van der Waals surface area contributed by atoms with Gasteiger partial charge < -0.3 is 10.1 Å². The molecule has 0 radical (unpaired) electrons. The Balaban J connectivity index is 1.63. The molecule has 0 bridgehead atoms. The van der Waals surface area contributed by atoms with Crippen molar-refractivity contribution in [2.75, 3.05) is 19.8 Å². The molecule has 17 heavy (non-hydrogen) atoms. The van der Waals surface area contributed by atoms with E-state index in [0.717, 1.165) is 31.0 Å². The third-order valence-electron chi connectivity index (χ3n) is 4.84. The van der Waals surface area contributed by atoms with E-state index in [1.165, 1.54) is 45.1 Å². The van der Waals surface area contributed by atoms with E-state index < -0.39 is 0 Å². The lowest BCUT2D eigenvalue weighted by Gasteiger charge is -2.31. The molecule has 1 saturated carbocycles. The molecule has 1 N–H and O–H groups in total. The van der Waals surface area contributed by atoms with Gasteiger partial charge in [-0.15, -0.1) is 0 Å². The molecule has 1 atom stereocenters. The smallest absolute Gasteiger partial charge is 0.0469 e. The Labute approximate surface area is 107 Å². The van der Waals surface area contributed by atoms with Crippen LogP contribution in [0.2, 0.25) is 0 Å². The molecule has 1 aliphatic carbocycles. The van der Waals surface area contributed by atoms with E-state index in [0.29, 0.717) is 6.04 Å². The van der Waals surface area contributed by atoms with E-state index >= 15 is 0 Å². The highest BCUT2D eigenvalue weighted by Gasteiger charge is 2.22. The summed E-state index contributed by atoms with van der Waals surface area (Å²) in [5.41, 5.74) is 0. The van der Waals surface area contributed by atoms with Crippen molar-refractivity contribution in [1.29, 1.82) is 0 Å². The topological polar surface area (TPSA) is 21.3 Å². The highest BCUT2D eigenvalue weighted by molar-refractivity contribution is 4.78. The van der Waals surface area contributed by atoms with Gasteiger partial charge in [0.05, 0.1) is 0 Å². The van der Waals surface area contributed by atoms with E-state index in [1.54, 1.807) is 0 Å². The Hall–Kier alpha value is -0.0800. The van der Waals surface area contributed by atoms with Gasteiger partial charge >= 0.3 is 0 Å². The molecular formula is C15H29NO. The van der Waals surface area contributed by atoms with E-state index in [-0.39, 0.29) is 0 Å². The molecule has 2 aliphatic rings. The zero-order chi connectivity index (χ0) is 12.1. The first-order chi connectivity index (χ1) is 8.25. The predicted molar refractivity (Wildman–Crippen MR) is 72.1 cm³/mol. The zero-order valence-corrected chi connectivity index (χ0v) is 11.6. The van der Waals surface area contributed by atoms with Crippen molar-refractivity contribution < 1.29 is 4.74 Å². The molecule has 0 aromatic rings. The standard InChI is InChI=1S/C15H29NO/c1-12-3-5-14(6-4-12)11-16-13(2)15-7-9-17-10-8-15/h12-16H,3-11H2,1-2H3. The van der Waals surface area contributed by atoms with Crippen LogP contribution in [0.3, 0.4) is 0 Å². The molecule has 100 valence electrons. The van der Waals surface area contributed by atoms with Gasteiger partial charge in [-0.2, -0.15) is 0 Å². The van der Waals surface area contributed by atoms with Crippen molar-refractivity contribution in [1.82, 2.24) is 5.32 Å². The molecule has 1 saturated heterocycles. The van der Waals surface area contributed by atoms with Gasteiger partial charge in [0.15, 0.2) is 0 Å². The summed E-state index contributed by atoms with van der Waals surface area (Å²) >= 11 is 0. The van der Waals surface area contributed by atoms with E-state index in [9.17, 15) is 0 Å². The van der Waals surface area contributed by atoms with E-state index in [4.69, 9.17) is 4.74 Å². The Morgan fingerprint density at radius 1 is 1.06 bits per heavy atom. The first-order valence-corrected chi connectivity index (χ1v) is 7.57. The first-order valence-electron chi connectivity index (χ1n) is 7.57. The van der Waals surface area contributed by atoms with Crippen molar-refractivity contribution in [2.45, 2.75) is 58.4 Å². The fourth-order valence-electron chi connectivity index (χ4n) is 3.27. The monoisotopic (exact) mass is 239 g/mol. The molecule has 1 unspecified atom stereocenters. The Kier molecular flexibility index (Phi) is 5.30. The second kappa shape index (κ2) is 6.75. The minimum Gasteiger partial charge on any atom is -0.381 e. The Morgan fingerprint density at radius 3 is 2.35 bits per heavy atom. The molecule has 2 nitrogen and oxygen atoms in total. The summed E-state index contributed by atoms with van der Waals surface area (Å²) in [5, 5.41) is 3.78. The summed E-state index contributed by atoms with van der Waals surface area (Å²) < 4.78 is 5.43. The molecule has 0 amide bonds. The van der Waals surface area contributed by atoms with Gasteiger partial charge in [0.25, 0.3) is 0 Å². The van der Waals surface area contributed by atoms with Gasteiger partial charge in [-0.25, -0.2) is 0 Å². The maximum Gasteiger partial charge on any atom is 0.0469 e. The molecule has 2 rings (SSSR count). The molecule has 0 aromatic heterocycles. The number of nitrogens with one attached hydrogen (secondary N) is 1. The lowest BCUT2D eigenvalue weighted by Crippen LogP contribution is -2.39. The first kappa shape index (κ1) is 13.4. The third-order valence-corrected chi connectivity index (χ3v) is 4.84. The van der Waals surface area contributed by atoms with Crippen molar-refractivity contribution in [2.24, 2.45) is 17.8 Å². The zero-order valence-electron chi connectivity index (χ0n) is 11.6. The molecular weight excluding hydrogens is 210 g/mol. The molecule has 0 spiro atoms.